The maximum Gasteiger partial charge on any atom is 0.161 e. The number of hydrogen-bond donors (Lipinski definition) is 0. The highest BCUT2D eigenvalue weighted by Crippen LogP contribution is 2.18. The van der Waals surface area contributed by atoms with Gasteiger partial charge >= 0.3 is 0 Å². The van der Waals surface area contributed by atoms with Gasteiger partial charge < -0.3 is 0 Å². The molecule has 0 unspecified atom stereocenters. The summed E-state index contributed by atoms with van der Waals surface area (Å²) in [7, 11) is 0. The normalized spacial score (nSPS) is 12.6. The number of aryl methyl sites for hydroxylation is 1. The van der Waals surface area contributed by atoms with Gasteiger partial charge in [-0.2, -0.15) is 0 Å². The van der Waals surface area contributed by atoms with Gasteiger partial charge in [0.25, 0.3) is 0 Å². The van der Waals surface area contributed by atoms with Crippen molar-refractivity contribution >= 4 is 49.5 Å². The fourth-order valence-electron chi connectivity index (χ4n) is 1.61. The molecule has 0 atom stereocenters. The van der Waals surface area contributed by atoms with Crippen molar-refractivity contribution in [2.24, 2.45) is 10.2 Å². The Balaban J connectivity index is 2.29. The largest absolute Gasteiger partial charge is 0.206 e. The zero-order valence-corrected chi connectivity index (χ0v) is 14.3. The third-order valence-electron chi connectivity index (χ3n) is 2.73. The quantitative estimate of drug-likeness (QED) is 0.467. The van der Waals surface area contributed by atoms with Crippen molar-refractivity contribution in [3.8, 4) is 0 Å². The molecular formula is C15H9BrCl2F2N2. The lowest BCUT2D eigenvalue weighted by atomic mass is 10.1. The van der Waals surface area contributed by atoms with E-state index in [1.807, 2.05) is 0 Å². The number of nitrogens with zero attached hydrogens (tertiary/aromatic N) is 2. The molecule has 0 radical (unpaired) electrons. The van der Waals surface area contributed by atoms with Crippen molar-refractivity contribution < 1.29 is 8.78 Å². The first-order chi connectivity index (χ1) is 10.4. The summed E-state index contributed by atoms with van der Waals surface area (Å²) in [5.41, 5.74) is 1.21. The molecule has 7 heteroatoms. The topological polar surface area (TPSA) is 24.7 Å². The van der Waals surface area contributed by atoms with Crippen LogP contribution in [-0.4, -0.2) is 10.3 Å². The summed E-state index contributed by atoms with van der Waals surface area (Å²) in [6, 6.07) is 8.79. The van der Waals surface area contributed by atoms with Crippen LogP contribution in [0.25, 0.3) is 0 Å². The van der Waals surface area contributed by atoms with E-state index in [1.54, 1.807) is 19.1 Å². The Morgan fingerprint density at radius 3 is 2.27 bits per heavy atom. The fraction of sp³-hybridized carbons (Fsp3) is 0.0667. The third kappa shape index (κ3) is 4.12. The maximum absolute atomic E-state index is 13.7. The molecule has 0 aromatic heterocycles. The minimum Gasteiger partial charge on any atom is -0.206 e. The standard InChI is InChI=1S/C15H9BrCl2F2N2/c1-8-2-4-10(12(19)6-8)15(18)22-21-14(17)9-3-5-11(16)13(20)7-9/h2-7H,1H3/b21-14-,22-15-. The van der Waals surface area contributed by atoms with Crippen molar-refractivity contribution in [3.63, 3.8) is 0 Å². The first kappa shape index (κ1) is 17.1. The molecule has 0 N–H and O–H groups in total. The fourth-order valence-corrected chi connectivity index (χ4v) is 2.20. The van der Waals surface area contributed by atoms with Gasteiger partial charge in [-0.3, -0.25) is 0 Å². The number of rotatable bonds is 3. The van der Waals surface area contributed by atoms with Crippen LogP contribution in [-0.2, 0) is 0 Å². The zero-order valence-electron chi connectivity index (χ0n) is 11.2. The van der Waals surface area contributed by atoms with Crippen LogP contribution in [0.3, 0.4) is 0 Å². The molecular weight excluding hydrogens is 397 g/mol. The summed E-state index contributed by atoms with van der Waals surface area (Å²) >= 11 is 14.9. The lowest BCUT2D eigenvalue weighted by Crippen LogP contribution is -1.97. The van der Waals surface area contributed by atoms with Gasteiger partial charge in [0.1, 0.15) is 11.6 Å². The highest BCUT2D eigenvalue weighted by atomic mass is 79.9. The Morgan fingerprint density at radius 2 is 1.64 bits per heavy atom. The third-order valence-corrected chi connectivity index (χ3v) is 3.95. The van der Waals surface area contributed by atoms with Gasteiger partial charge in [0, 0.05) is 11.1 Å². The van der Waals surface area contributed by atoms with Gasteiger partial charge in [-0.05, 0) is 52.7 Å². The second kappa shape index (κ2) is 7.31. The van der Waals surface area contributed by atoms with E-state index in [0.29, 0.717) is 10.0 Å². The summed E-state index contributed by atoms with van der Waals surface area (Å²) in [6.45, 7) is 1.76. The molecule has 2 aromatic carbocycles. The molecule has 0 fully saturated rings. The predicted octanol–water partition coefficient (Wildman–Crippen LogP) is 5.62. The molecule has 0 bridgehead atoms. The zero-order chi connectivity index (χ0) is 16.3. The Morgan fingerprint density at radius 1 is 0.955 bits per heavy atom. The molecule has 0 saturated carbocycles. The Bertz CT molecular complexity index is 776. The molecule has 0 aliphatic heterocycles. The summed E-state index contributed by atoms with van der Waals surface area (Å²) in [5, 5.41) is 7.17. The number of halogens is 5. The van der Waals surface area contributed by atoms with Crippen molar-refractivity contribution in [3.05, 3.63) is 69.2 Å². The van der Waals surface area contributed by atoms with E-state index < -0.39 is 11.6 Å². The van der Waals surface area contributed by atoms with Crippen LogP contribution in [0.15, 0.2) is 51.1 Å². The first-order valence-electron chi connectivity index (χ1n) is 6.07. The highest BCUT2D eigenvalue weighted by molar-refractivity contribution is 9.10. The second-order valence-electron chi connectivity index (χ2n) is 4.39. The smallest absolute Gasteiger partial charge is 0.161 e. The van der Waals surface area contributed by atoms with E-state index in [0.717, 1.165) is 5.56 Å². The van der Waals surface area contributed by atoms with Gasteiger partial charge in [0.2, 0.25) is 0 Å². The average Bonchev–Trinajstić information content (AvgIpc) is 2.47. The minimum absolute atomic E-state index is 0.0583. The molecule has 2 rings (SSSR count). The van der Waals surface area contributed by atoms with Crippen LogP contribution in [0, 0.1) is 18.6 Å². The van der Waals surface area contributed by atoms with E-state index in [-0.39, 0.29) is 15.9 Å². The van der Waals surface area contributed by atoms with Gasteiger partial charge in [-0.25, -0.2) is 8.78 Å². The Hall–Kier alpha value is -1.30. The average molecular weight is 406 g/mol. The van der Waals surface area contributed by atoms with Crippen molar-refractivity contribution in [1.29, 1.82) is 0 Å². The summed E-state index contributed by atoms with van der Waals surface area (Å²) < 4.78 is 27.5. The van der Waals surface area contributed by atoms with E-state index in [1.165, 1.54) is 24.3 Å². The molecule has 22 heavy (non-hydrogen) atoms. The summed E-state index contributed by atoms with van der Waals surface area (Å²) in [5.74, 6) is -0.986. The summed E-state index contributed by atoms with van der Waals surface area (Å²) in [4.78, 5) is 0. The molecule has 2 aromatic rings. The van der Waals surface area contributed by atoms with E-state index in [9.17, 15) is 8.78 Å². The van der Waals surface area contributed by atoms with Crippen LogP contribution in [0.2, 0.25) is 0 Å². The lowest BCUT2D eigenvalue weighted by Gasteiger charge is -2.01. The van der Waals surface area contributed by atoms with Crippen LogP contribution in [0.4, 0.5) is 8.78 Å². The second-order valence-corrected chi connectivity index (χ2v) is 5.96. The van der Waals surface area contributed by atoms with Crippen LogP contribution >= 0.6 is 39.1 Å². The molecule has 0 saturated heterocycles. The molecule has 114 valence electrons. The van der Waals surface area contributed by atoms with E-state index >= 15 is 0 Å². The van der Waals surface area contributed by atoms with Crippen LogP contribution < -0.4 is 0 Å². The molecule has 0 heterocycles. The Kier molecular flexibility index (Phi) is 5.67. The van der Waals surface area contributed by atoms with Crippen molar-refractivity contribution in [2.75, 3.05) is 0 Å². The first-order valence-corrected chi connectivity index (χ1v) is 7.62. The summed E-state index contributed by atoms with van der Waals surface area (Å²) in [6.07, 6.45) is 0. The van der Waals surface area contributed by atoms with Crippen molar-refractivity contribution in [1.82, 2.24) is 0 Å². The molecule has 0 spiro atoms. The highest BCUT2D eigenvalue weighted by Gasteiger charge is 2.08. The van der Waals surface area contributed by atoms with Gasteiger partial charge in [-0.15, -0.1) is 10.2 Å². The van der Waals surface area contributed by atoms with Crippen LogP contribution in [0.1, 0.15) is 16.7 Å². The van der Waals surface area contributed by atoms with Gasteiger partial charge in [0.15, 0.2) is 10.3 Å². The van der Waals surface area contributed by atoms with Gasteiger partial charge in [0.05, 0.1) is 4.47 Å². The SMILES string of the molecule is Cc1ccc(/C(Cl)=N/N=C(\Cl)c2ccc(Br)c(F)c2)c(F)c1. The van der Waals surface area contributed by atoms with E-state index in [4.69, 9.17) is 23.2 Å². The number of hydrogen-bond acceptors (Lipinski definition) is 2. The number of benzene rings is 2. The maximum atomic E-state index is 13.7. The molecule has 0 aliphatic carbocycles. The monoisotopic (exact) mass is 404 g/mol. The molecule has 0 aliphatic rings. The van der Waals surface area contributed by atoms with Gasteiger partial charge in [-0.1, -0.05) is 35.3 Å². The van der Waals surface area contributed by atoms with E-state index in [2.05, 4.69) is 26.1 Å². The molecule has 0 amide bonds. The predicted molar refractivity (Wildman–Crippen MR) is 90.0 cm³/mol. The lowest BCUT2D eigenvalue weighted by molar-refractivity contribution is 0.621. The molecule has 2 nitrogen and oxygen atoms in total. The van der Waals surface area contributed by atoms with Crippen LogP contribution in [0.5, 0.6) is 0 Å². The minimum atomic E-state index is -0.505. The van der Waals surface area contributed by atoms with Crippen molar-refractivity contribution in [2.45, 2.75) is 6.92 Å². The Labute approximate surface area is 144 Å².